The van der Waals surface area contributed by atoms with E-state index in [1.54, 1.807) is 33.5 Å². The van der Waals surface area contributed by atoms with Gasteiger partial charge in [-0.2, -0.15) is 0 Å². The van der Waals surface area contributed by atoms with Gasteiger partial charge in [-0.1, -0.05) is 19.9 Å². The van der Waals surface area contributed by atoms with Gasteiger partial charge >= 0.3 is 5.97 Å². The molecule has 5 rings (SSSR count). The third-order valence-corrected chi connectivity index (χ3v) is 10.3. The SMILES string of the molecule is COc1cc2c(c(OC)c1OC)-c1ccc(SC)c(=O)cc1[C@@H](NC(=O)[C@@]13CC[C@@](C)(C(=O)O1)C3(C)C)CC2. The molecule has 0 radical (unpaired) electrons. The van der Waals surface area contributed by atoms with Gasteiger partial charge in [0.2, 0.25) is 5.75 Å². The molecule has 1 N–H and O–H groups in total. The number of rotatable bonds is 6. The van der Waals surface area contributed by atoms with Gasteiger partial charge in [0.25, 0.3) is 5.91 Å². The van der Waals surface area contributed by atoms with Crippen molar-refractivity contribution in [3.63, 3.8) is 0 Å². The molecule has 0 spiro atoms. The maximum atomic E-state index is 14.1. The number of hydrogen-bond donors (Lipinski definition) is 1. The summed E-state index contributed by atoms with van der Waals surface area (Å²) in [6.07, 6.45) is 4.00. The van der Waals surface area contributed by atoms with Gasteiger partial charge < -0.3 is 24.3 Å². The number of hydrogen-bond acceptors (Lipinski definition) is 8. The number of carbonyl (C=O) groups is 2. The lowest BCUT2D eigenvalue weighted by Gasteiger charge is -2.36. The second-order valence-corrected chi connectivity index (χ2v) is 12.0. The van der Waals surface area contributed by atoms with Crippen molar-refractivity contribution in [2.24, 2.45) is 10.8 Å². The fourth-order valence-electron chi connectivity index (χ4n) is 6.64. The normalized spacial score (nSPS) is 26.1. The van der Waals surface area contributed by atoms with Crippen LogP contribution in [-0.4, -0.2) is 45.1 Å². The summed E-state index contributed by atoms with van der Waals surface area (Å²) in [5.74, 6) is 0.838. The van der Waals surface area contributed by atoms with Gasteiger partial charge in [-0.05, 0) is 73.8 Å². The molecule has 208 valence electrons. The largest absolute Gasteiger partial charge is 0.493 e. The van der Waals surface area contributed by atoms with Crippen LogP contribution in [0.25, 0.3) is 11.1 Å². The molecule has 2 fully saturated rings. The molecule has 1 amide bonds. The number of thioether (sulfide) groups is 1. The van der Waals surface area contributed by atoms with Gasteiger partial charge in [0.15, 0.2) is 22.5 Å². The first-order valence-corrected chi connectivity index (χ1v) is 14.3. The Kier molecular flexibility index (Phi) is 6.64. The quantitative estimate of drug-likeness (QED) is 0.406. The third-order valence-electron chi connectivity index (χ3n) is 9.48. The van der Waals surface area contributed by atoms with Gasteiger partial charge in [-0.15, -0.1) is 11.8 Å². The van der Waals surface area contributed by atoms with Crippen molar-refractivity contribution >= 4 is 23.6 Å². The van der Waals surface area contributed by atoms with Crippen molar-refractivity contribution in [1.29, 1.82) is 0 Å². The van der Waals surface area contributed by atoms with Crippen molar-refractivity contribution < 1.29 is 28.5 Å². The minimum absolute atomic E-state index is 0.134. The summed E-state index contributed by atoms with van der Waals surface area (Å²) in [4.78, 5) is 40.7. The highest BCUT2D eigenvalue weighted by atomic mass is 32.2. The average Bonchev–Trinajstić information content (AvgIpc) is 3.07. The van der Waals surface area contributed by atoms with E-state index in [1.807, 2.05) is 39.2 Å². The smallest absolute Gasteiger partial charge is 0.313 e. The van der Waals surface area contributed by atoms with E-state index in [2.05, 4.69) is 5.32 Å². The average molecular weight is 554 g/mol. The number of aryl methyl sites for hydroxylation is 1. The van der Waals surface area contributed by atoms with Crippen LogP contribution in [0.15, 0.2) is 34.0 Å². The number of methoxy groups -OCH3 is 3. The molecule has 2 aromatic rings. The lowest BCUT2D eigenvalue weighted by atomic mass is 9.66. The molecule has 0 aromatic heterocycles. The molecule has 1 heterocycles. The molecule has 39 heavy (non-hydrogen) atoms. The molecule has 1 aliphatic heterocycles. The molecule has 1 saturated heterocycles. The zero-order chi connectivity index (χ0) is 28.3. The summed E-state index contributed by atoms with van der Waals surface area (Å²) in [6.45, 7) is 5.76. The number of nitrogens with one attached hydrogen (secondary N) is 1. The summed E-state index contributed by atoms with van der Waals surface area (Å²) in [6, 6.07) is 6.74. The predicted octanol–water partition coefficient (Wildman–Crippen LogP) is 4.69. The van der Waals surface area contributed by atoms with Gasteiger partial charge in [-0.3, -0.25) is 14.4 Å². The molecule has 0 unspecified atom stereocenters. The van der Waals surface area contributed by atoms with Gasteiger partial charge in [0.1, 0.15) is 0 Å². The Morgan fingerprint density at radius 3 is 2.31 bits per heavy atom. The second-order valence-electron chi connectivity index (χ2n) is 11.2. The number of fused-ring (bicyclic) bond motifs is 5. The van der Waals surface area contributed by atoms with Crippen LogP contribution in [0.1, 0.15) is 57.2 Å². The fraction of sp³-hybridized carbons (Fsp3) is 0.500. The molecule has 2 aliphatic carbocycles. The highest BCUT2D eigenvalue weighted by molar-refractivity contribution is 7.98. The lowest BCUT2D eigenvalue weighted by Crippen LogP contribution is -2.54. The zero-order valence-electron chi connectivity index (χ0n) is 23.5. The minimum atomic E-state index is -1.26. The Balaban J connectivity index is 1.68. The molecule has 3 aliphatic rings. The molecule has 2 aromatic carbocycles. The van der Waals surface area contributed by atoms with Crippen LogP contribution in [0.3, 0.4) is 0 Å². The van der Waals surface area contributed by atoms with Crippen molar-refractivity contribution in [2.45, 2.75) is 63.0 Å². The van der Waals surface area contributed by atoms with Crippen LogP contribution in [-0.2, 0) is 20.7 Å². The first-order valence-electron chi connectivity index (χ1n) is 13.1. The van der Waals surface area contributed by atoms with E-state index in [-0.39, 0.29) is 17.3 Å². The molecular formula is C30H35NO7S. The van der Waals surface area contributed by atoms with E-state index in [1.165, 1.54) is 11.8 Å². The van der Waals surface area contributed by atoms with E-state index < -0.39 is 22.5 Å². The number of benzene rings is 1. The Hall–Kier alpha value is -3.20. The van der Waals surface area contributed by atoms with Crippen LogP contribution >= 0.6 is 11.8 Å². The Bertz CT molecular complexity index is 1440. The van der Waals surface area contributed by atoms with Gasteiger partial charge in [0, 0.05) is 11.0 Å². The van der Waals surface area contributed by atoms with Crippen LogP contribution in [0.5, 0.6) is 17.2 Å². The molecule has 8 nitrogen and oxygen atoms in total. The van der Waals surface area contributed by atoms with Crippen molar-refractivity contribution in [1.82, 2.24) is 5.32 Å². The Labute approximate surface area is 232 Å². The Morgan fingerprint density at radius 2 is 1.74 bits per heavy atom. The maximum Gasteiger partial charge on any atom is 0.313 e. The first-order chi connectivity index (χ1) is 18.5. The summed E-state index contributed by atoms with van der Waals surface area (Å²) in [5, 5.41) is 3.21. The van der Waals surface area contributed by atoms with Crippen molar-refractivity contribution in [3.8, 4) is 28.4 Å². The minimum Gasteiger partial charge on any atom is -0.493 e. The molecule has 3 atom stereocenters. The van der Waals surface area contributed by atoms with Crippen molar-refractivity contribution in [3.05, 3.63) is 45.6 Å². The van der Waals surface area contributed by atoms with E-state index in [0.29, 0.717) is 53.4 Å². The van der Waals surface area contributed by atoms with E-state index >= 15 is 0 Å². The number of amides is 1. The first kappa shape index (κ1) is 27.4. The highest BCUT2D eigenvalue weighted by Gasteiger charge is 2.75. The predicted molar refractivity (Wildman–Crippen MR) is 149 cm³/mol. The summed E-state index contributed by atoms with van der Waals surface area (Å²) >= 11 is 1.37. The molecule has 1 saturated carbocycles. The number of ether oxygens (including phenoxy) is 4. The third kappa shape index (κ3) is 3.68. The van der Waals surface area contributed by atoms with Gasteiger partial charge in [0.05, 0.1) is 37.7 Å². The highest BCUT2D eigenvalue weighted by Crippen LogP contribution is 2.65. The maximum absolute atomic E-state index is 14.1. The molecular weight excluding hydrogens is 518 g/mol. The number of esters is 1. The lowest BCUT2D eigenvalue weighted by molar-refractivity contribution is -0.168. The van der Waals surface area contributed by atoms with E-state index in [4.69, 9.17) is 18.9 Å². The second kappa shape index (κ2) is 9.47. The summed E-state index contributed by atoms with van der Waals surface area (Å²) in [7, 11) is 4.70. The molecule has 2 bridgehead atoms. The fourth-order valence-corrected chi connectivity index (χ4v) is 7.10. The Morgan fingerprint density at radius 1 is 1.03 bits per heavy atom. The van der Waals surface area contributed by atoms with E-state index in [9.17, 15) is 14.4 Å². The summed E-state index contributed by atoms with van der Waals surface area (Å²) < 4.78 is 23.0. The van der Waals surface area contributed by atoms with E-state index in [0.717, 1.165) is 16.7 Å². The van der Waals surface area contributed by atoms with Gasteiger partial charge in [-0.25, -0.2) is 0 Å². The monoisotopic (exact) mass is 553 g/mol. The zero-order valence-corrected chi connectivity index (χ0v) is 24.3. The number of carbonyl (C=O) groups excluding carboxylic acids is 2. The standard InChI is InChI=1S/C30H35NO7S/c1-28(2)29(3)12-13-30(28,38-27(29)34)26(33)31-19-10-8-16-14-21(35-4)24(36-5)25(37-6)23(16)17-9-11-22(39-7)20(32)15-18(17)19/h9,11,14-15,19H,8,10,12-13H2,1-7H3,(H,31,33)/t19-,29-,30+/m0/s1. The van der Waals surface area contributed by atoms with Crippen LogP contribution < -0.4 is 25.0 Å². The van der Waals surface area contributed by atoms with Crippen LogP contribution in [0.2, 0.25) is 0 Å². The summed E-state index contributed by atoms with van der Waals surface area (Å²) in [5.41, 5.74) is 0.393. The van der Waals surface area contributed by atoms with Crippen molar-refractivity contribution in [2.75, 3.05) is 27.6 Å². The van der Waals surface area contributed by atoms with Crippen LogP contribution in [0, 0.1) is 10.8 Å². The topological polar surface area (TPSA) is 100 Å². The van der Waals surface area contributed by atoms with Crippen LogP contribution in [0.4, 0.5) is 0 Å². The molecule has 9 heteroatoms.